The van der Waals surface area contributed by atoms with E-state index in [1.54, 1.807) is 24.3 Å². The smallest absolute Gasteiger partial charge is 0.305 e. The van der Waals surface area contributed by atoms with Gasteiger partial charge in [0.05, 0.1) is 23.9 Å². The van der Waals surface area contributed by atoms with Crippen molar-refractivity contribution in [2.45, 2.75) is 62.3 Å². The molecule has 0 radical (unpaired) electrons. The standard InChI is InChI=1S/C24H28N8O7S/c1-14(33)25-16-9-10-20(35)30-11-5-8-18(32(30)23(16)39)22(38)26-17(12-21(36)37)19(34)13-40-24-27-28-29-31(24)15-6-3-2-4-7-15/h2-4,6-7,16-18H,5,8-13H2,1H3,(H,25,33)(H,26,38)(H,36,37)/t16-,17-,18-/m0/s1. The van der Waals surface area contributed by atoms with E-state index in [0.29, 0.717) is 17.3 Å². The molecular formula is C24H28N8O7S. The molecule has 2 aliphatic heterocycles. The molecule has 1 aromatic carbocycles. The molecule has 3 heterocycles. The van der Waals surface area contributed by atoms with E-state index in [4.69, 9.17) is 0 Å². The van der Waals surface area contributed by atoms with Gasteiger partial charge in [0, 0.05) is 19.9 Å². The summed E-state index contributed by atoms with van der Waals surface area (Å²) in [5.41, 5.74) is 0.661. The monoisotopic (exact) mass is 572 g/mol. The Hall–Kier alpha value is -4.34. The first-order chi connectivity index (χ1) is 19.2. The van der Waals surface area contributed by atoms with Crippen LogP contribution in [0.3, 0.4) is 0 Å². The van der Waals surface area contributed by atoms with Crippen LogP contribution in [0.5, 0.6) is 0 Å². The van der Waals surface area contributed by atoms with Crippen LogP contribution in [0.15, 0.2) is 35.5 Å². The Balaban J connectivity index is 1.48. The second-order valence-electron chi connectivity index (χ2n) is 9.27. The lowest BCUT2D eigenvalue weighted by molar-refractivity contribution is -0.176. The zero-order valence-electron chi connectivity index (χ0n) is 21.6. The number of tetrazole rings is 1. The van der Waals surface area contributed by atoms with E-state index in [-0.39, 0.29) is 37.5 Å². The summed E-state index contributed by atoms with van der Waals surface area (Å²) >= 11 is 0.978. The van der Waals surface area contributed by atoms with Gasteiger partial charge in [-0.05, 0) is 41.8 Å². The van der Waals surface area contributed by atoms with Crippen molar-refractivity contribution in [2.24, 2.45) is 0 Å². The molecule has 2 saturated heterocycles. The summed E-state index contributed by atoms with van der Waals surface area (Å²) in [5, 5.41) is 28.4. The van der Waals surface area contributed by atoms with Crippen LogP contribution < -0.4 is 10.6 Å². The van der Waals surface area contributed by atoms with Crippen LogP contribution in [-0.2, 0) is 28.8 Å². The topological polar surface area (TPSA) is 197 Å². The van der Waals surface area contributed by atoms with Crippen LogP contribution in [0.1, 0.15) is 39.0 Å². The number of aromatic nitrogens is 4. The van der Waals surface area contributed by atoms with Crippen LogP contribution in [0.25, 0.3) is 5.69 Å². The number of carbonyl (C=O) groups is 6. The zero-order valence-corrected chi connectivity index (χ0v) is 22.4. The first-order valence-electron chi connectivity index (χ1n) is 12.6. The normalized spacial score (nSPS) is 19.8. The van der Waals surface area contributed by atoms with Crippen molar-refractivity contribution in [3.63, 3.8) is 0 Å². The lowest BCUT2D eigenvalue weighted by Crippen LogP contribution is -2.64. The summed E-state index contributed by atoms with van der Waals surface area (Å²) < 4.78 is 1.42. The maximum Gasteiger partial charge on any atom is 0.305 e. The molecule has 1 aromatic heterocycles. The minimum Gasteiger partial charge on any atom is -0.481 e. The SMILES string of the molecule is CC(=O)N[C@H]1CCC(=O)N2CCC[C@@H](C(=O)N[C@@H](CC(=O)O)C(=O)CSc3nnnn3-c3ccccc3)N2C1=O. The van der Waals surface area contributed by atoms with E-state index in [0.717, 1.165) is 16.8 Å². The minimum absolute atomic E-state index is 0.00132. The van der Waals surface area contributed by atoms with E-state index < -0.39 is 54.0 Å². The van der Waals surface area contributed by atoms with Crippen molar-refractivity contribution in [1.82, 2.24) is 40.9 Å². The number of fused-ring (bicyclic) bond motifs is 1. The number of carboxylic acid groups (broad SMARTS) is 1. The molecule has 0 saturated carbocycles. The van der Waals surface area contributed by atoms with Gasteiger partial charge in [-0.2, -0.15) is 4.68 Å². The van der Waals surface area contributed by atoms with E-state index in [1.165, 1.54) is 16.6 Å². The molecule has 40 heavy (non-hydrogen) atoms. The first kappa shape index (κ1) is 28.7. The first-order valence-corrected chi connectivity index (χ1v) is 13.6. The number of benzene rings is 1. The minimum atomic E-state index is -1.40. The summed E-state index contributed by atoms with van der Waals surface area (Å²) in [6.07, 6.45) is -0.0109. The summed E-state index contributed by atoms with van der Waals surface area (Å²) in [6.45, 7) is 1.46. The number of para-hydroxylation sites is 1. The van der Waals surface area contributed by atoms with Crippen molar-refractivity contribution in [2.75, 3.05) is 12.3 Å². The van der Waals surface area contributed by atoms with Crippen LogP contribution in [0, 0.1) is 0 Å². The summed E-state index contributed by atoms with van der Waals surface area (Å²) in [6, 6.07) is 5.39. The van der Waals surface area contributed by atoms with Gasteiger partial charge in [0.1, 0.15) is 12.1 Å². The number of hydrogen-bond donors (Lipinski definition) is 3. The Morgan fingerprint density at radius 2 is 1.90 bits per heavy atom. The van der Waals surface area contributed by atoms with Crippen LogP contribution >= 0.6 is 11.8 Å². The highest BCUT2D eigenvalue weighted by Crippen LogP contribution is 2.25. The number of Topliss-reactive ketones (excluding diaryl/α,β-unsaturated/α-hetero) is 1. The Morgan fingerprint density at radius 1 is 1.15 bits per heavy atom. The molecule has 2 aliphatic rings. The maximum absolute atomic E-state index is 13.4. The third-order valence-electron chi connectivity index (χ3n) is 6.41. The molecule has 0 unspecified atom stereocenters. The third-order valence-corrected chi connectivity index (χ3v) is 7.35. The third kappa shape index (κ3) is 6.62. The number of amides is 4. The largest absolute Gasteiger partial charge is 0.481 e. The molecule has 2 fully saturated rings. The summed E-state index contributed by atoms with van der Waals surface area (Å²) in [7, 11) is 0. The van der Waals surface area contributed by atoms with E-state index in [9.17, 15) is 33.9 Å². The van der Waals surface area contributed by atoms with Gasteiger partial charge in [-0.1, -0.05) is 30.0 Å². The number of nitrogens with zero attached hydrogens (tertiary/aromatic N) is 6. The number of hydrogen-bond acceptors (Lipinski definition) is 10. The predicted molar refractivity (Wildman–Crippen MR) is 137 cm³/mol. The average Bonchev–Trinajstić information content (AvgIpc) is 3.37. The van der Waals surface area contributed by atoms with Gasteiger partial charge in [-0.3, -0.25) is 33.8 Å². The number of thioether (sulfide) groups is 1. The fraction of sp³-hybridized carbons (Fsp3) is 0.458. The number of ketones is 1. The predicted octanol–water partition coefficient (Wildman–Crippen LogP) is -0.684. The molecule has 15 nitrogen and oxygen atoms in total. The number of aliphatic carboxylic acids is 1. The molecule has 3 atom stereocenters. The molecule has 4 amide bonds. The van der Waals surface area contributed by atoms with Gasteiger partial charge in [0.25, 0.3) is 5.91 Å². The fourth-order valence-electron chi connectivity index (χ4n) is 4.58. The van der Waals surface area contributed by atoms with Crippen molar-refractivity contribution in [1.29, 1.82) is 0 Å². The van der Waals surface area contributed by atoms with Gasteiger partial charge in [0.2, 0.25) is 22.9 Å². The Labute approximate surface area is 232 Å². The Kier molecular flexibility index (Phi) is 9.08. The van der Waals surface area contributed by atoms with E-state index >= 15 is 0 Å². The number of nitrogens with one attached hydrogen (secondary N) is 2. The summed E-state index contributed by atoms with van der Waals surface area (Å²) in [4.78, 5) is 75.7. The summed E-state index contributed by atoms with van der Waals surface area (Å²) in [5.74, 6) is -4.36. The number of rotatable bonds is 10. The highest BCUT2D eigenvalue weighted by molar-refractivity contribution is 7.99. The lowest BCUT2D eigenvalue weighted by atomic mass is 10.0. The Bertz CT molecular complexity index is 1300. The number of carbonyl (C=O) groups excluding carboxylic acids is 5. The molecule has 4 rings (SSSR count). The molecule has 0 spiro atoms. The number of carboxylic acids is 1. The maximum atomic E-state index is 13.4. The van der Waals surface area contributed by atoms with Gasteiger partial charge in [0.15, 0.2) is 5.78 Å². The van der Waals surface area contributed by atoms with E-state index in [1.807, 2.05) is 6.07 Å². The van der Waals surface area contributed by atoms with Gasteiger partial charge in [-0.25, -0.2) is 5.01 Å². The van der Waals surface area contributed by atoms with Crippen molar-refractivity contribution >= 4 is 47.1 Å². The highest BCUT2D eigenvalue weighted by atomic mass is 32.2. The van der Waals surface area contributed by atoms with Crippen molar-refractivity contribution in [3.8, 4) is 5.69 Å². The van der Waals surface area contributed by atoms with Gasteiger partial charge >= 0.3 is 5.97 Å². The van der Waals surface area contributed by atoms with Gasteiger partial charge in [-0.15, -0.1) is 5.10 Å². The molecule has 0 aliphatic carbocycles. The highest BCUT2D eigenvalue weighted by Gasteiger charge is 2.45. The molecule has 3 N–H and O–H groups in total. The van der Waals surface area contributed by atoms with Crippen molar-refractivity contribution < 1.29 is 33.9 Å². The molecule has 2 aromatic rings. The zero-order chi connectivity index (χ0) is 28.8. The molecule has 212 valence electrons. The van der Waals surface area contributed by atoms with E-state index in [2.05, 4.69) is 26.2 Å². The average molecular weight is 573 g/mol. The van der Waals surface area contributed by atoms with Crippen LogP contribution in [0.4, 0.5) is 0 Å². The van der Waals surface area contributed by atoms with Crippen LogP contribution in [0.2, 0.25) is 0 Å². The lowest BCUT2D eigenvalue weighted by Gasteiger charge is -2.43. The number of hydrazine groups is 1. The molecular weight excluding hydrogens is 544 g/mol. The quantitative estimate of drug-likeness (QED) is 0.305. The second kappa shape index (κ2) is 12.7. The second-order valence-corrected chi connectivity index (χ2v) is 10.2. The molecule has 0 bridgehead atoms. The van der Waals surface area contributed by atoms with Crippen molar-refractivity contribution in [3.05, 3.63) is 30.3 Å². The van der Waals surface area contributed by atoms with Gasteiger partial charge < -0.3 is 15.7 Å². The Morgan fingerprint density at radius 3 is 2.60 bits per heavy atom. The molecule has 16 heteroatoms. The fourth-order valence-corrected chi connectivity index (χ4v) is 5.41. The van der Waals surface area contributed by atoms with Crippen LogP contribution in [-0.4, -0.2) is 101 Å².